The maximum atomic E-state index is 12.5. The first-order valence-electron chi connectivity index (χ1n) is 8.71. The van der Waals surface area contributed by atoms with Gasteiger partial charge in [-0.15, -0.1) is 0 Å². The van der Waals surface area contributed by atoms with E-state index in [9.17, 15) is 14.8 Å². The first kappa shape index (κ1) is 20.3. The Kier molecular flexibility index (Phi) is 6.00. The van der Waals surface area contributed by atoms with E-state index in [1.807, 2.05) is 4.90 Å². The average Bonchev–Trinajstić information content (AvgIpc) is 2.95. The molecule has 0 bridgehead atoms. The monoisotopic (exact) mass is 426 g/mol. The van der Waals surface area contributed by atoms with Crippen molar-refractivity contribution in [1.82, 2.24) is 10.3 Å². The van der Waals surface area contributed by atoms with Crippen LogP contribution in [0, 0.1) is 12.1 Å². The van der Waals surface area contributed by atoms with Gasteiger partial charge in [-0.05, 0) is 25.8 Å². The summed E-state index contributed by atoms with van der Waals surface area (Å²) in [4.78, 5) is 29.0. The summed E-state index contributed by atoms with van der Waals surface area (Å²) < 4.78 is 5.27. The lowest BCUT2D eigenvalue weighted by molar-refractivity contribution is -0.604. The van der Waals surface area contributed by atoms with Crippen LogP contribution in [-0.2, 0) is 4.74 Å². The minimum absolute atomic E-state index is 0.0367. The van der Waals surface area contributed by atoms with Gasteiger partial charge in [0, 0.05) is 24.8 Å². The number of carbonyl (C=O) groups excluding carboxylic acids is 2. The van der Waals surface area contributed by atoms with Crippen molar-refractivity contribution in [3.63, 3.8) is 0 Å². The van der Waals surface area contributed by atoms with Crippen LogP contribution in [0.1, 0.15) is 39.4 Å². The number of halogens is 2. The molecule has 2 aromatic rings. The molecule has 0 radical (unpaired) electrons. The molecule has 1 saturated heterocycles. The van der Waals surface area contributed by atoms with E-state index in [4.69, 9.17) is 23.2 Å². The third kappa shape index (κ3) is 4.18. The highest BCUT2D eigenvalue weighted by Gasteiger charge is 2.25. The van der Waals surface area contributed by atoms with Crippen molar-refractivity contribution in [2.24, 2.45) is 0 Å². The minimum atomic E-state index is -0.564. The molecule has 1 amide bonds. The molecule has 0 spiro atoms. The van der Waals surface area contributed by atoms with Gasteiger partial charge in [0.2, 0.25) is 6.20 Å². The molecule has 2 aromatic heterocycles. The fourth-order valence-electron chi connectivity index (χ4n) is 3.21. The zero-order valence-electron chi connectivity index (χ0n) is 15.4. The molecule has 150 valence electrons. The summed E-state index contributed by atoms with van der Waals surface area (Å²) in [6.07, 6.45) is 3.94. The van der Waals surface area contributed by atoms with Crippen LogP contribution < -0.4 is 14.9 Å². The van der Waals surface area contributed by atoms with E-state index < -0.39 is 5.97 Å². The molecule has 1 fully saturated rings. The quantitative estimate of drug-likeness (QED) is 0.444. The Hall–Kier alpha value is -2.45. The van der Waals surface area contributed by atoms with Gasteiger partial charge in [0.15, 0.2) is 6.20 Å². The van der Waals surface area contributed by atoms with Crippen LogP contribution in [-0.4, -0.2) is 43.1 Å². The van der Waals surface area contributed by atoms with Gasteiger partial charge in [0.05, 0.1) is 17.2 Å². The molecular weight excluding hydrogens is 407 g/mol. The Balaban J connectivity index is 1.63. The second kappa shape index (κ2) is 8.28. The van der Waals surface area contributed by atoms with Crippen LogP contribution in [0.3, 0.4) is 0 Å². The molecule has 8 nitrogen and oxygen atoms in total. The van der Waals surface area contributed by atoms with Gasteiger partial charge < -0.3 is 25.1 Å². The normalized spacial score (nSPS) is 14.8. The smallest absolute Gasteiger partial charge is 0.344 e. The van der Waals surface area contributed by atoms with Crippen LogP contribution in [0.2, 0.25) is 10.0 Å². The fraction of sp³-hybridized carbons (Fsp3) is 0.389. The SMILES string of the molecule is COC(=O)c1cc(N2CCC(NC(=O)c3[nH]c(C)c(Cl)c3Cl)CC2)c[n+]([O-])c1. The molecule has 2 N–H and O–H groups in total. The number of hydrogen-bond acceptors (Lipinski definition) is 5. The molecule has 0 saturated carbocycles. The maximum absolute atomic E-state index is 12.5. The van der Waals surface area contributed by atoms with Crippen LogP contribution in [0.25, 0.3) is 0 Å². The molecule has 10 heteroatoms. The van der Waals surface area contributed by atoms with Crippen molar-refractivity contribution in [3.05, 3.63) is 50.7 Å². The maximum Gasteiger partial charge on any atom is 0.344 e. The van der Waals surface area contributed by atoms with Crippen LogP contribution >= 0.6 is 23.2 Å². The first-order chi connectivity index (χ1) is 13.3. The van der Waals surface area contributed by atoms with Gasteiger partial charge >= 0.3 is 5.97 Å². The summed E-state index contributed by atoms with van der Waals surface area (Å²) in [7, 11) is 1.27. The van der Waals surface area contributed by atoms with Gasteiger partial charge in [-0.25, -0.2) is 4.79 Å². The van der Waals surface area contributed by atoms with Crippen LogP contribution in [0.4, 0.5) is 5.69 Å². The lowest BCUT2D eigenvalue weighted by atomic mass is 10.0. The Labute approximate surface area is 172 Å². The van der Waals surface area contributed by atoms with E-state index in [1.165, 1.54) is 19.5 Å². The lowest BCUT2D eigenvalue weighted by Gasteiger charge is -2.33. The number of anilines is 1. The van der Waals surface area contributed by atoms with E-state index in [-0.39, 0.29) is 28.2 Å². The van der Waals surface area contributed by atoms with Gasteiger partial charge in [-0.1, -0.05) is 23.2 Å². The molecular formula is C18H20Cl2N4O4. The van der Waals surface area contributed by atoms with E-state index in [1.54, 1.807) is 13.0 Å². The first-order valence-corrected chi connectivity index (χ1v) is 9.47. The Bertz CT molecular complexity index is 907. The largest absolute Gasteiger partial charge is 0.619 e. The summed E-state index contributed by atoms with van der Waals surface area (Å²) in [5.74, 6) is -0.867. The van der Waals surface area contributed by atoms with Gasteiger partial charge in [0.1, 0.15) is 16.9 Å². The van der Waals surface area contributed by atoms with E-state index in [0.29, 0.717) is 47.1 Å². The van der Waals surface area contributed by atoms with Crippen molar-refractivity contribution < 1.29 is 19.1 Å². The van der Waals surface area contributed by atoms with E-state index in [0.717, 1.165) is 0 Å². The number of aromatic amines is 1. The number of aromatic nitrogens is 2. The molecule has 0 atom stereocenters. The van der Waals surface area contributed by atoms with Crippen molar-refractivity contribution in [2.45, 2.75) is 25.8 Å². The number of H-pyrrole nitrogens is 1. The Morgan fingerprint density at radius 2 is 1.96 bits per heavy atom. The van der Waals surface area contributed by atoms with Crippen LogP contribution in [0.5, 0.6) is 0 Å². The topological polar surface area (TPSA) is 101 Å². The number of aryl methyl sites for hydroxylation is 1. The highest BCUT2D eigenvalue weighted by atomic mass is 35.5. The standard InChI is InChI=1S/C18H20Cl2N4O4/c1-10-14(19)15(20)16(21-10)17(25)22-12-3-5-23(6-4-12)13-7-11(18(26)28-2)8-24(27)9-13/h7-9,12,21H,3-6H2,1-2H3,(H,22,25). The van der Waals surface area contributed by atoms with Crippen molar-refractivity contribution in [1.29, 1.82) is 0 Å². The predicted molar refractivity (Wildman–Crippen MR) is 105 cm³/mol. The number of carbonyl (C=O) groups is 2. The highest BCUT2D eigenvalue weighted by Crippen LogP contribution is 2.29. The number of methoxy groups -OCH3 is 1. The van der Waals surface area contributed by atoms with Gasteiger partial charge in [-0.2, -0.15) is 4.73 Å². The molecule has 28 heavy (non-hydrogen) atoms. The third-order valence-electron chi connectivity index (χ3n) is 4.73. The number of piperidine rings is 1. The molecule has 3 heterocycles. The van der Waals surface area contributed by atoms with Crippen LogP contribution in [0.15, 0.2) is 18.5 Å². The number of ether oxygens (including phenoxy) is 1. The van der Waals surface area contributed by atoms with E-state index in [2.05, 4.69) is 15.0 Å². The van der Waals surface area contributed by atoms with Gasteiger partial charge in [-0.3, -0.25) is 4.79 Å². The summed E-state index contributed by atoms with van der Waals surface area (Å²) >= 11 is 12.1. The third-order valence-corrected chi connectivity index (χ3v) is 5.67. The number of rotatable bonds is 4. The number of nitrogens with one attached hydrogen (secondary N) is 2. The average molecular weight is 427 g/mol. The lowest BCUT2D eigenvalue weighted by Crippen LogP contribution is -2.45. The second-order valence-electron chi connectivity index (χ2n) is 6.62. The summed E-state index contributed by atoms with van der Waals surface area (Å²) in [6, 6.07) is 1.59. The fourth-order valence-corrected chi connectivity index (χ4v) is 3.63. The van der Waals surface area contributed by atoms with Crippen molar-refractivity contribution >= 4 is 40.8 Å². The molecule has 1 aliphatic rings. The van der Waals surface area contributed by atoms with Crippen molar-refractivity contribution in [2.75, 3.05) is 25.1 Å². The number of amides is 1. The Morgan fingerprint density at radius 1 is 1.29 bits per heavy atom. The number of esters is 1. The number of hydrogen-bond donors (Lipinski definition) is 2. The highest BCUT2D eigenvalue weighted by molar-refractivity contribution is 6.44. The zero-order chi connectivity index (χ0) is 20.4. The Morgan fingerprint density at radius 3 is 2.54 bits per heavy atom. The molecule has 3 rings (SSSR count). The molecule has 0 unspecified atom stereocenters. The number of nitrogens with zero attached hydrogens (tertiary/aromatic N) is 2. The summed E-state index contributed by atoms with van der Waals surface area (Å²) in [5.41, 5.74) is 1.73. The van der Waals surface area contributed by atoms with Gasteiger partial charge in [0.25, 0.3) is 5.91 Å². The summed E-state index contributed by atoms with van der Waals surface area (Å²) in [5, 5.41) is 15.3. The molecule has 1 aliphatic heterocycles. The van der Waals surface area contributed by atoms with E-state index >= 15 is 0 Å². The second-order valence-corrected chi connectivity index (χ2v) is 7.38. The zero-order valence-corrected chi connectivity index (χ0v) is 16.9. The predicted octanol–water partition coefficient (Wildman–Crippen LogP) is 2.45. The minimum Gasteiger partial charge on any atom is -0.619 e. The van der Waals surface area contributed by atoms with Crippen molar-refractivity contribution in [3.8, 4) is 0 Å². The molecule has 0 aliphatic carbocycles. The number of pyridine rings is 1. The molecule has 0 aromatic carbocycles. The summed E-state index contributed by atoms with van der Waals surface area (Å²) in [6.45, 7) is 2.98.